The van der Waals surface area contributed by atoms with Gasteiger partial charge in [-0.3, -0.25) is 0 Å². The van der Waals surface area contributed by atoms with Gasteiger partial charge >= 0.3 is 6.03 Å². The average molecular weight is 228 g/mol. The van der Waals surface area contributed by atoms with Crippen molar-refractivity contribution in [2.45, 2.75) is 52.2 Å². The summed E-state index contributed by atoms with van der Waals surface area (Å²) in [7, 11) is 0. The molecule has 4 nitrogen and oxygen atoms in total. The van der Waals surface area contributed by atoms with Crippen LogP contribution in [0.5, 0.6) is 0 Å². The van der Waals surface area contributed by atoms with E-state index in [4.69, 9.17) is 4.74 Å². The fourth-order valence-electron chi connectivity index (χ4n) is 2.13. The molecule has 1 saturated heterocycles. The summed E-state index contributed by atoms with van der Waals surface area (Å²) >= 11 is 0. The first kappa shape index (κ1) is 13.3. The Morgan fingerprint density at radius 3 is 2.56 bits per heavy atom. The van der Waals surface area contributed by atoms with Crippen molar-refractivity contribution in [3.63, 3.8) is 0 Å². The Morgan fingerprint density at radius 1 is 1.44 bits per heavy atom. The smallest absolute Gasteiger partial charge is 0.317 e. The van der Waals surface area contributed by atoms with Gasteiger partial charge in [-0.2, -0.15) is 0 Å². The van der Waals surface area contributed by atoms with Crippen LogP contribution >= 0.6 is 0 Å². The summed E-state index contributed by atoms with van der Waals surface area (Å²) in [6, 6.07) is 0.296. The summed E-state index contributed by atoms with van der Waals surface area (Å²) in [5.41, 5.74) is -0.112. The second-order valence-corrected chi connectivity index (χ2v) is 4.92. The first-order chi connectivity index (χ1) is 7.48. The highest BCUT2D eigenvalue weighted by molar-refractivity contribution is 5.74. The van der Waals surface area contributed by atoms with E-state index in [0.29, 0.717) is 0 Å². The zero-order valence-electron chi connectivity index (χ0n) is 10.9. The number of hydrogen-bond donors (Lipinski definition) is 1. The van der Waals surface area contributed by atoms with Gasteiger partial charge in [0, 0.05) is 25.7 Å². The van der Waals surface area contributed by atoms with Gasteiger partial charge in [0.15, 0.2) is 0 Å². The molecule has 0 radical (unpaired) electrons. The Kier molecular flexibility index (Phi) is 4.59. The SMILES string of the molecule is CCN(CC)C(=O)NC1CCOC(C)(C)C1. The Bertz CT molecular complexity index is 237. The van der Waals surface area contributed by atoms with E-state index < -0.39 is 0 Å². The first-order valence-electron chi connectivity index (χ1n) is 6.18. The van der Waals surface area contributed by atoms with Crippen LogP contribution in [-0.4, -0.2) is 42.3 Å². The van der Waals surface area contributed by atoms with E-state index in [-0.39, 0.29) is 17.7 Å². The van der Waals surface area contributed by atoms with E-state index in [9.17, 15) is 4.79 Å². The van der Waals surface area contributed by atoms with Crippen molar-refractivity contribution >= 4 is 6.03 Å². The molecule has 1 N–H and O–H groups in total. The highest BCUT2D eigenvalue weighted by Crippen LogP contribution is 2.23. The number of urea groups is 1. The summed E-state index contributed by atoms with van der Waals surface area (Å²) in [4.78, 5) is 13.7. The summed E-state index contributed by atoms with van der Waals surface area (Å²) in [5.74, 6) is 0. The number of nitrogens with one attached hydrogen (secondary N) is 1. The molecule has 94 valence electrons. The van der Waals surface area contributed by atoms with Gasteiger partial charge in [-0.05, 0) is 40.5 Å². The summed E-state index contributed by atoms with van der Waals surface area (Å²) < 4.78 is 5.63. The highest BCUT2D eigenvalue weighted by atomic mass is 16.5. The van der Waals surface area contributed by atoms with E-state index >= 15 is 0 Å². The molecule has 1 aliphatic heterocycles. The number of amides is 2. The van der Waals surface area contributed by atoms with Crippen LogP contribution in [0.15, 0.2) is 0 Å². The lowest BCUT2D eigenvalue weighted by Gasteiger charge is -2.36. The van der Waals surface area contributed by atoms with Gasteiger partial charge in [0.1, 0.15) is 0 Å². The number of carbonyl (C=O) groups is 1. The van der Waals surface area contributed by atoms with Crippen LogP contribution in [-0.2, 0) is 4.74 Å². The normalized spacial score (nSPS) is 23.9. The van der Waals surface area contributed by atoms with Gasteiger partial charge in [-0.15, -0.1) is 0 Å². The molecule has 0 saturated carbocycles. The minimum Gasteiger partial charge on any atom is -0.375 e. The average Bonchev–Trinajstić information content (AvgIpc) is 2.17. The van der Waals surface area contributed by atoms with Gasteiger partial charge in [0.25, 0.3) is 0 Å². The van der Waals surface area contributed by atoms with Gasteiger partial charge < -0.3 is 15.0 Å². The van der Waals surface area contributed by atoms with Crippen LogP contribution in [0.2, 0.25) is 0 Å². The van der Waals surface area contributed by atoms with E-state index in [2.05, 4.69) is 19.2 Å². The fraction of sp³-hybridized carbons (Fsp3) is 0.917. The molecule has 0 aromatic heterocycles. The summed E-state index contributed by atoms with van der Waals surface area (Å²) in [6.45, 7) is 10.4. The largest absolute Gasteiger partial charge is 0.375 e. The molecule has 1 heterocycles. The second-order valence-electron chi connectivity index (χ2n) is 4.92. The Labute approximate surface area is 98.3 Å². The Hall–Kier alpha value is -0.770. The van der Waals surface area contributed by atoms with Gasteiger partial charge in [0.05, 0.1) is 5.60 Å². The van der Waals surface area contributed by atoms with Crippen LogP contribution in [0.3, 0.4) is 0 Å². The fourth-order valence-corrected chi connectivity index (χ4v) is 2.13. The molecule has 0 spiro atoms. The molecule has 1 unspecified atom stereocenters. The van der Waals surface area contributed by atoms with Crippen LogP contribution < -0.4 is 5.32 Å². The highest BCUT2D eigenvalue weighted by Gasteiger charge is 2.30. The van der Waals surface area contributed by atoms with E-state index in [1.165, 1.54) is 0 Å². The number of nitrogens with zero attached hydrogens (tertiary/aromatic N) is 1. The molecule has 4 heteroatoms. The maximum absolute atomic E-state index is 11.9. The molecule has 0 aromatic carbocycles. The van der Waals surface area contributed by atoms with Crippen molar-refractivity contribution in [2.24, 2.45) is 0 Å². The maximum Gasteiger partial charge on any atom is 0.317 e. The van der Waals surface area contributed by atoms with Gasteiger partial charge in [0.2, 0.25) is 0 Å². The molecule has 1 aliphatic rings. The quantitative estimate of drug-likeness (QED) is 0.802. The van der Waals surface area contributed by atoms with Crippen molar-refractivity contribution in [3.05, 3.63) is 0 Å². The zero-order chi connectivity index (χ0) is 12.2. The lowest BCUT2D eigenvalue weighted by Crippen LogP contribution is -2.50. The summed E-state index contributed by atoms with van der Waals surface area (Å²) in [5, 5.41) is 3.08. The van der Waals surface area contributed by atoms with Crippen molar-refractivity contribution in [3.8, 4) is 0 Å². The number of rotatable bonds is 3. The topological polar surface area (TPSA) is 41.6 Å². The molecule has 0 bridgehead atoms. The lowest BCUT2D eigenvalue weighted by molar-refractivity contribution is -0.0615. The third kappa shape index (κ3) is 3.67. The second kappa shape index (κ2) is 5.53. The van der Waals surface area contributed by atoms with Crippen molar-refractivity contribution in [2.75, 3.05) is 19.7 Å². The minimum absolute atomic E-state index is 0.0488. The maximum atomic E-state index is 11.9. The zero-order valence-corrected chi connectivity index (χ0v) is 10.9. The Balaban J connectivity index is 2.44. The van der Waals surface area contributed by atoms with Gasteiger partial charge in [-0.25, -0.2) is 4.79 Å². The van der Waals surface area contributed by atoms with E-state index in [0.717, 1.165) is 32.5 Å². The van der Waals surface area contributed by atoms with Crippen LogP contribution in [0.25, 0.3) is 0 Å². The molecule has 2 amide bonds. The number of carbonyl (C=O) groups excluding carboxylic acids is 1. The predicted molar refractivity (Wildman–Crippen MR) is 64.5 cm³/mol. The van der Waals surface area contributed by atoms with Crippen LogP contribution in [0, 0.1) is 0 Å². The third-order valence-electron chi connectivity index (χ3n) is 3.08. The number of hydrogen-bond acceptors (Lipinski definition) is 2. The van der Waals surface area contributed by atoms with Crippen molar-refractivity contribution < 1.29 is 9.53 Å². The molecule has 16 heavy (non-hydrogen) atoms. The third-order valence-corrected chi connectivity index (χ3v) is 3.08. The molecule has 1 fully saturated rings. The summed E-state index contributed by atoms with van der Waals surface area (Å²) in [6.07, 6.45) is 1.80. The van der Waals surface area contributed by atoms with Crippen molar-refractivity contribution in [1.29, 1.82) is 0 Å². The van der Waals surface area contributed by atoms with Crippen LogP contribution in [0.1, 0.15) is 40.5 Å². The first-order valence-corrected chi connectivity index (χ1v) is 6.18. The molecular weight excluding hydrogens is 204 g/mol. The minimum atomic E-state index is -0.112. The molecule has 0 aromatic rings. The molecule has 0 aliphatic carbocycles. The molecule has 1 rings (SSSR count). The van der Waals surface area contributed by atoms with Crippen LogP contribution in [0.4, 0.5) is 4.79 Å². The van der Waals surface area contributed by atoms with E-state index in [1.54, 1.807) is 0 Å². The molecule has 1 atom stereocenters. The monoisotopic (exact) mass is 228 g/mol. The molecular formula is C12H24N2O2. The van der Waals surface area contributed by atoms with Crippen molar-refractivity contribution in [1.82, 2.24) is 10.2 Å². The standard InChI is InChI=1S/C12H24N2O2/c1-5-14(6-2)11(15)13-10-7-8-16-12(3,4)9-10/h10H,5-9H2,1-4H3,(H,13,15). The Morgan fingerprint density at radius 2 is 2.06 bits per heavy atom. The number of ether oxygens (including phenoxy) is 1. The predicted octanol–water partition coefficient (Wildman–Crippen LogP) is 2.00. The lowest BCUT2D eigenvalue weighted by atomic mass is 9.94. The van der Waals surface area contributed by atoms with Gasteiger partial charge in [-0.1, -0.05) is 0 Å². The van der Waals surface area contributed by atoms with E-state index in [1.807, 2.05) is 18.7 Å².